The van der Waals surface area contributed by atoms with E-state index in [0.29, 0.717) is 0 Å². The quantitative estimate of drug-likeness (QED) is 0.300. The van der Waals surface area contributed by atoms with Crippen molar-refractivity contribution in [2.24, 2.45) is 7.05 Å². The summed E-state index contributed by atoms with van der Waals surface area (Å²) in [6.07, 6.45) is -2.41. The molecule has 0 radical (unpaired) electrons. The number of carbonyl (C=O) groups is 1. The number of aromatic nitrogens is 6. The summed E-state index contributed by atoms with van der Waals surface area (Å²) in [5.74, 6) is -1.08. The van der Waals surface area contributed by atoms with Crippen LogP contribution in [0.2, 0.25) is 0 Å². The van der Waals surface area contributed by atoms with E-state index in [1.165, 1.54) is 30.8 Å². The summed E-state index contributed by atoms with van der Waals surface area (Å²) in [6, 6.07) is 11.2. The second-order valence-corrected chi connectivity index (χ2v) is 10.6. The summed E-state index contributed by atoms with van der Waals surface area (Å²) in [5.41, 5.74) is 1.93. The second-order valence-electron chi connectivity index (χ2n) is 8.40. The van der Waals surface area contributed by atoms with Gasteiger partial charge in [0.15, 0.2) is 20.5 Å². The van der Waals surface area contributed by atoms with Gasteiger partial charge in [-0.2, -0.15) is 18.3 Å². The van der Waals surface area contributed by atoms with Crippen LogP contribution in [0.15, 0.2) is 59.9 Å². The largest absolute Gasteiger partial charge is 0.433 e. The highest BCUT2D eigenvalue weighted by molar-refractivity contribution is 7.91. The zero-order valence-electron chi connectivity index (χ0n) is 20.5. The van der Waals surface area contributed by atoms with Crippen LogP contribution in [-0.2, 0) is 34.5 Å². The molecule has 202 valence electrons. The van der Waals surface area contributed by atoms with Crippen molar-refractivity contribution < 1.29 is 31.2 Å². The molecule has 0 aliphatic heterocycles. The van der Waals surface area contributed by atoms with Crippen molar-refractivity contribution in [3.63, 3.8) is 0 Å². The molecule has 15 heteroatoms. The number of rotatable bonds is 7. The van der Waals surface area contributed by atoms with E-state index >= 15 is 0 Å². The average molecular weight is 560 g/mol. The molecule has 0 atom stereocenters. The third-order valence-electron chi connectivity index (χ3n) is 5.92. The van der Waals surface area contributed by atoms with E-state index in [1.54, 1.807) is 0 Å². The first-order chi connectivity index (χ1) is 18.5. The molecule has 0 saturated carbocycles. The Kier molecular flexibility index (Phi) is 6.56. The molecule has 0 spiro atoms. The molecule has 1 aromatic carbocycles. The Balaban J connectivity index is 1.62. The molecule has 11 nitrogen and oxygen atoms in total. The van der Waals surface area contributed by atoms with Gasteiger partial charge in [0, 0.05) is 13.2 Å². The standard InChI is InChI=1S/C24H20F3N7O4S/c1-3-39(36,37)23-19(21-30-15-11-18(24(25,26)27)29-12-17(15)33(21)2)20-28-10-9-16(34(20)31-23)22(35)32-38-13-14-7-5-4-6-8-14/h4-12H,3,13H2,1-2H3,(H,32,35). The van der Waals surface area contributed by atoms with Gasteiger partial charge in [-0.15, -0.1) is 0 Å². The Bertz CT molecular complexity index is 1820. The predicted molar refractivity (Wildman–Crippen MR) is 132 cm³/mol. The number of benzene rings is 1. The summed E-state index contributed by atoms with van der Waals surface area (Å²) in [5, 5.41) is 3.76. The number of amides is 1. The molecule has 0 saturated heterocycles. The molecular weight excluding hydrogens is 539 g/mol. The lowest BCUT2D eigenvalue weighted by atomic mass is 10.2. The molecule has 0 bridgehead atoms. The Morgan fingerprint density at radius 2 is 1.87 bits per heavy atom. The minimum absolute atomic E-state index is 0.0152. The number of carbonyl (C=O) groups excluding carboxylic acids is 1. The molecule has 5 rings (SSSR count). The fourth-order valence-electron chi connectivity index (χ4n) is 3.93. The monoisotopic (exact) mass is 559 g/mol. The molecule has 1 N–H and O–H groups in total. The van der Waals surface area contributed by atoms with Gasteiger partial charge in [0.25, 0.3) is 5.91 Å². The number of nitrogens with zero attached hydrogens (tertiary/aromatic N) is 6. The van der Waals surface area contributed by atoms with Gasteiger partial charge in [-0.1, -0.05) is 37.3 Å². The van der Waals surface area contributed by atoms with Gasteiger partial charge < -0.3 is 4.57 Å². The first kappa shape index (κ1) is 26.2. The van der Waals surface area contributed by atoms with Gasteiger partial charge >= 0.3 is 6.18 Å². The van der Waals surface area contributed by atoms with Gasteiger partial charge in [-0.3, -0.25) is 9.63 Å². The van der Waals surface area contributed by atoms with E-state index in [2.05, 4.69) is 25.5 Å². The van der Waals surface area contributed by atoms with E-state index in [9.17, 15) is 26.4 Å². The number of hydroxylamine groups is 1. The minimum atomic E-state index is -4.70. The van der Waals surface area contributed by atoms with Crippen LogP contribution in [0.1, 0.15) is 28.7 Å². The summed E-state index contributed by atoms with van der Waals surface area (Å²) in [7, 11) is -2.50. The molecule has 4 aromatic heterocycles. The summed E-state index contributed by atoms with van der Waals surface area (Å²) < 4.78 is 68.2. The first-order valence-corrected chi connectivity index (χ1v) is 13.1. The maximum Gasteiger partial charge on any atom is 0.433 e. The summed E-state index contributed by atoms with van der Waals surface area (Å²) in [4.78, 5) is 30.2. The fraction of sp³-hybridized carbons (Fsp3) is 0.208. The van der Waals surface area contributed by atoms with Crippen LogP contribution in [0.4, 0.5) is 13.2 Å². The second kappa shape index (κ2) is 9.74. The lowest BCUT2D eigenvalue weighted by molar-refractivity contribution is -0.141. The molecule has 0 aliphatic carbocycles. The number of hydrogen-bond donors (Lipinski definition) is 1. The van der Waals surface area contributed by atoms with Crippen molar-refractivity contribution >= 4 is 32.4 Å². The number of fused-ring (bicyclic) bond motifs is 2. The van der Waals surface area contributed by atoms with Crippen LogP contribution in [0.25, 0.3) is 28.1 Å². The van der Waals surface area contributed by atoms with E-state index in [-0.39, 0.29) is 46.1 Å². The molecular formula is C24H20F3N7O4S. The SMILES string of the molecule is CCS(=O)(=O)c1nn2c(C(=O)NOCc3ccccc3)ccnc2c1-c1nc2cc(C(F)(F)F)ncc2n1C. The number of sulfone groups is 1. The Hall–Kier alpha value is -4.37. The molecule has 5 aromatic rings. The van der Waals surface area contributed by atoms with E-state index in [0.717, 1.165) is 22.3 Å². The average Bonchev–Trinajstić information content (AvgIpc) is 3.46. The maximum atomic E-state index is 13.2. The van der Waals surface area contributed by atoms with Gasteiger partial charge in [-0.05, 0) is 17.7 Å². The zero-order valence-corrected chi connectivity index (χ0v) is 21.3. The third kappa shape index (κ3) is 4.81. The van der Waals surface area contributed by atoms with Crippen molar-refractivity contribution in [2.75, 3.05) is 5.75 Å². The molecule has 0 aliphatic rings. The lowest BCUT2D eigenvalue weighted by Crippen LogP contribution is -2.26. The van der Waals surface area contributed by atoms with Gasteiger partial charge in [0.2, 0.25) is 0 Å². The van der Waals surface area contributed by atoms with E-state index < -0.39 is 32.6 Å². The predicted octanol–water partition coefficient (Wildman–Crippen LogP) is 3.35. The van der Waals surface area contributed by atoms with Crippen molar-refractivity contribution in [1.29, 1.82) is 0 Å². The van der Waals surface area contributed by atoms with Crippen LogP contribution < -0.4 is 5.48 Å². The number of pyridine rings is 1. The van der Waals surface area contributed by atoms with Gasteiger partial charge in [0.1, 0.15) is 22.8 Å². The van der Waals surface area contributed by atoms with Crippen LogP contribution in [0.3, 0.4) is 0 Å². The van der Waals surface area contributed by atoms with Crippen LogP contribution in [0, 0.1) is 0 Å². The van der Waals surface area contributed by atoms with Crippen molar-refractivity contribution in [2.45, 2.75) is 24.7 Å². The zero-order chi connectivity index (χ0) is 27.9. The highest BCUT2D eigenvalue weighted by Crippen LogP contribution is 2.34. The van der Waals surface area contributed by atoms with Gasteiger partial charge in [0.05, 0.1) is 29.6 Å². The number of aryl methyl sites for hydroxylation is 1. The topological polar surface area (TPSA) is 133 Å². The minimum Gasteiger partial charge on any atom is -0.326 e. The highest BCUT2D eigenvalue weighted by Gasteiger charge is 2.34. The Labute approximate surface area is 219 Å². The Morgan fingerprint density at radius 3 is 2.56 bits per heavy atom. The Morgan fingerprint density at radius 1 is 1.13 bits per heavy atom. The number of halogens is 3. The van der Waals surface area contributed by atoms with Crippen molar-refractivity contribution in [3.05, 3.63) is 71.8 Å². The molecule has 1 amide bonds. The van der Waals surface area contributed by atoms with Crippen LogP contribution in [0.5, 0.6) is 0 Å². The lowest BCUT2D eigenvalue weighted by Gasteiger charge is -2.07. The van der Waals surface area contributed by atoms with Gasteiger partial charge in [-0.25, -0.2) is 33.4 Å². The maximum absolute atomic E-state index is 13.2. The first-order valence-electron chi connectivity index (χ1n) is 11.5. The smallest absolute Gasteiger partial charge is 0.326 e. The van der Waals surface area contributed by atoms with E-state index in [1.807, 2.05) is 30.3 Å². The molecule has 4 heterocycles. The third-order valence-corrected chi connectivity index (χ3v) is 7.56. The van der Waals surface area contributed by atoms with Crippen LogP contribution in [-0.4, -0.2) is 49.2 Å². The number of nitrogens with one attached hydrogen (secondary N) is 1. The number of alkyl halides is 3. The molecule has 0 fully saturated rings. The molecule has 39 heavy (non-hydrogen) atoms. The highest BCUT2D eigenvalue weighted by atomic mass is 32.2. The van der Waals surface area contributed by atoms with Crippen LogP contribution >= 0.6 is 0 Å². The van der Waals surface area contributed by atoms with Crippen molar-refractivity contribution in [3.8, 4) is 11.4 Å². The molecule has 0 unspecified atom stereocenters. The van der Waals surface area contributed by atoms with E-state index in [4.69, 9.17) is 4.84 Å². The number of hydrogen-bond acceptors (Lipinski definition) is 8. The number of imidazole rings is 1. The van der Waals surface area contributed by atoms with Crippen molar-refractivity contribution in [1.82, 2.24) is 34.6 Å². The fourth-order valence-corrected chi connectivity index (χ4v) is 4.90. The normalized spacial score (nSPS) is 12.3. The summed E-state index contributed by atoms with van der Waals surface area (Å²) >= 11 is 0. The summed E-state index contributed by atoms with van der Waals surface area (Å²) in [6.45, 7) is 1.49.